The van der Waals surface area contributed by atoms with E-state index in [4.69, 9.17) is 0 Å². The molecule has 1 atom stereocenters. The fourth-order valence-electron chi connectivity index (χ4n) is 3.07. The number of carbonyl (C=O) groups excluding carboxylic acids is 1. The van der Waals surface area contributed by atoms with E-state index >= 15 is 0 Å². The highest BCUT2D eigenvalue weighted by atomic mass is 16.1. The van der Waals surface area contributed by atoms with Crippen molar-refractivity contribution in [2.45, 2.75) is 19.9 Å². The van der Waals surface area contributed by atoms with E-state index in [9.17, 15) is 4.79 Å². The molecule has 21 heavy (non-hydrogen) atoms. The molecule has 1 aliphatic heterocycles. The molecule has 108 valence electrons. The molecule has 2 aromatic rings. The van der Waals surface area contributed by atoms with Crippen LogP contribution in [0.3, 0.4) is 0 Å². The van der Waals surface area contributed by atoms with Gasteiger partial charge in [-0.05, 0) is 17.5 Å². The van der Waals surface area contributed by atoms with Crippen LogP contribution in [0.5, 0.6) is 0 Å². The summed E-state index contributed by atoms with van der Waals surface area (Å²) in [5.41, 5.74) is 3.68. The van der Waals surface area contributed by atoms with E-state index in [1.807, 2.05) is 37.3 Å². The molecular formula is C19H21NO. The molecule has 0 aliphatic carbocycles. The topological polar surface area (TPSA) is 20.3 Å². The lowest BCUT2D eigenvalue weighted by Gasteiger charge is -2.30. The summed E-state index contributed by atoms with van der Waals surface area (Å²) in [6.45, 7) is 4.88. The van der Waals surface area contributed by atoms with Crippen molar-refractivity contribution >= 4 is 5.78 Å². The molecule has 0 bridgehead atoms. The molecule has 2 aromatic carbocycles. The molecule has 0 spiro atoms. The van der Waals surface area contributed by atoms with Gasteiger partial charge in [0.2, 0.25) is 0 Å². The zero-order valence-electron chi connectivity index (χ0n) is 12.5. The molecule has 1 unspecified atom stereocenters. The molecular weight excluding hydrogens is 258 g/mol. The van der Waals surface area contributed by atoms with Gasteiger partial charge in [0, 0.05) is 31.1 Å². The predicted molar refractivity (Wildman–Crippen MR) is 85.4 cm³/mol. The van der Waals surface area contributed by atoms with Crippen molar-refractivity contribution in [1.29, 1.82) is 0 Å². The van der Waals surface area contributed by atoms with Crippen molar-refractivity contribution < 1.29 is 4.79 Å². The molecule has 2 heteroatoms. The fraction of sp³-hybridized carbons (Fsp3) is 0.316. The first-order chi connectivity index (χ1) is 10.2. The van der Waals surface area contributed by atoms with Gasteiger partial charge in [-0.2, -0.15) is 0 Å². The standard InChI is InChI=1S/C19H21NO/c1-15(19(21)17-8-3-2-4-9-17)13-20-12-11-16-7-5-6-10-18(16)14-20/h2-10,15H,11-14H2,1H3. The number of hydrogen-bond acceptors (Lipinski definition) is 2. The molecule has 0 saturated heterocycles. The number of Topliss-reactive ketones (excluding diaryl/α,β-unsaturated/α-hetero) is 1. The number of fused-ring (bicyclic) bond motifs is 1. The quantitative estimate of drug-likeness (QED) is 0.798. The van der Waals surface area contributed by atoms with Crippen LogP contribution in [0.4, 0.5) is 0 Å². The van der Waals surface area contributed by atoms with Crippen molar-refractivity contribution in [3.63, 3.8) is 0 Å². The van der Waals surface area contributed by atoms with Crippen molar-refractivity contribution in [2.75, 3.05) is 13.1 Å². The molecule has 2 nitrogen and oxygen atoms in total. The van der Waals surface area contributed by atoms with Crippen LogP contribution in [0.25, 0.3) is 0 Å². The Bertz CT molecular complexity index is 620. The van der Waals surface area contributed by atoms with Crippen LogP contribution in [0.1, 0.15) is 28.4 Å². The Kier molecular flexibility index (Phi) is 4.16. The van der Waals surface area contributed by atoms with E-state index in [1.54, 1.807) is 0 Å². The van der Waals surface area contributed by atoms with Crippen molar-refractivity contribution in [1.82, 2.24) is 4.90 Å². The second kappa shape index (κ2) is 6.23. The van der Waals surface area contributed by atoms with Crippen molar-refractivity contribution in [2.24, 2.45) is 5.92 Å². The van der Waals surface area contributed by atoms with Gasteiger partial charge in [-0.3, -0.25) is 9.69 Å². The Hall–Kier alpha value is -1.93. The summed E-state index contributed by atoms with van der Waals surface area (Å²) < 4.78 is 0. The van der Waals surface area contributed by atoms with Gasteiger partial charge in [-0.15, -0.1) is 0 Å². The third-order valence-electron chi connectivity index (χ3n) is 4.25. The second-order valence-electron chi connectivity index (χ2n) is 5.89. The molecule has 0 amide bonds. The van der Waals surface area contributed by atoms with Gasteiger partial charge < -0.3 is 0 Å². The van der Waals surface area contributed by atoms with Crippen LogP contribution in [0.2, 0.25) is 0 Å². The summed E-state index contributed by atoms with van der Waals surface area (Å²) in [7, 11) is 0. The average molecular weight is 279 g/mol. The number of hydrogen-bond donors (Lipinski definition) is 0. The smallest absolute Gasteiger partial charge is 0.166 e. The first kappa shape index (κ1) is 14.0. The minimum atomic E-state index is 0.0395. The fourth-order valence-corrected chi connectivity index (χ4v) is 3.07. The van der Waals surface area contributed by atoms with E-state index in [2.05, 4.69) is 29.2 Å². The maximum atomic E-state index is 12.4. The summed E-state index contributed by atoms with van der Waals surface area (Å²) in [6, 6.07) is 18.2. The monoisotopic (exact) mass is 279 g/mol. The Labute approximate surface area is 126 Å². The Balaban J connectivity index is 1.64. The minimum Gasteiger partial charge on any atom is -0.298 e. The molecule has 0 fully saturated rings. The molecule has 1 aliphatic rings. The zero-order chi connectivity index (χ0) is 14.7. The lowest BCUT2D eigenvalue weighted by Crippen LogP contribution is -2.36. The average Bonchev–Trinajstić information content (AvgIpc) is 2.55. The van der Waals surface area contributed by atoms with Crippen LogP contribution in [-0.2, 0) is 13.0 Å². The van der Waals surface area contributed by atoms with E-state index in [1.165, 1.54) is 11.1 Å². The third kappa shape index (κ3) is 3.22. The number of ketones is 1. The van der Waals surface area contributed by atoms with Crippen molar-refractivity contribution in [3.05, 3.63) is 71.3 Å². The molecule has 0 radical (unpaired) electrons. The highest BCUT2D eigenvalue weighted by Crippen LogP contribution is 2.20. The first-order valence-corrected chi connectivity index (χ1v) is 7.62. The van der Waals surface area contributed by atoms with Crippen LogP contribution >= 0.6 is 0 Å². The summed E-state index contributed by atoms with van der Waals surface area (Å²) in [5, 5.41) is 0. The van der Waals surface area contributed by atoms with E-state index < -0.39 is 0 Å². The Morgan fingerprint density at radius 1 is 1.05 bits per heavy atom. The van der Waals surface area contributed by atoms with Gasteiger partial charge in [-0.25, -0.2) is 0 Å². The zero-order valence-corrected chi connectivity index (χ0v) is 12.5. The SMILES string of the molecule is CC(CN1CCc2ccccc2C1)C(=O)c1ccccc1. The maximum Gasteiger partial charge on any atom is 0.166 e. The van der Waals surface area contributed by atoms with E-state index in [0.29, 0.717) is 0 Å². The highest BCUT2D eigenvalue weighted by Gasteiger charge is 2.21. The van der Waals surface area contributed by atoms with Gasteiger partial charge in [0.05, 0.1) is 0 Å². The Morgan fingerprint density at radius 3 is 2.48 bits per heavy atom. The molecule has 0 saturated carbocycles. The van der Waals surface area contributed by atoms with Gasteiger partial charge in [0.25, 0.3) is 0 Å². The summed E-state index contributed by atoms with van der Waals surface area (Å²) in [5.74, 6) is 0.284. The first-order valence-electron chi connectivity index (χ1n) is 7.62. The largest absolute Gasteiger partial charge is 0.298 e. The summed E-state index contributed by atoms with van der Waals surface area (Å²) in [6.07, 6.45) is 1.09. The van der Waals surface area contributed by atoms with Crippen LogP contribution in [0, 0.1) is 5.92 Å². The molecule has 0 N–H and O–H groups in total. The number of nitrogens with zero attached hydrogens (tertiary/aromatic N) is 1. The molecule has 1 heterocycles. The molecule has 3 rings (SSSR count). The van der Waals surface area contributed by atoms with E-state index in [0.717, 1.165) is 31.6 Å². The van der Waals surface area contributed by atoms with Gasteiger partial charge in [0.15, 0.2) is 5.78 Å². The minimum absolute atomic E-state index is 0.0395. The van der Waals surface area contributed by atoms with Crippen LogP contribution in [-0.4, -0.2) is 23.8 Å². The Morgan fingerprint density at radius 2 is 1.71 bits per heavy atom. The lowest BCUT2D eigenvalue weighted by molar-refractivity contribution is 0.0887. The third-order valence-corrected chi connectivity index (χ3v) is 4.25. The number of carbonyl (C=O) groups is 1. The van der Waals surface area contributed by atoms with Gasteiger partial charge in [0.1, 0.15) is 0 Å². The highest BCUT2D eigenvalue weighted by molar-refractivity contribution is 5.97. The van der Waals surface area contributed by atoms with Crippen LogP contribution < -0.4 is 0 Å². The normalized spacial score (nSPS) is 16.2. The second-order valence-corrected chi connectivity index (χ2v) is 5.89. The number of benzene rings is 2. The summed E-state index contributed by atoms with van der Waals surface area (Å²) in [4.78, 5) is 14.8. The molecule has 0 aromatic heterocycles. The van der Waals surface area contributed by atoms with Gasteiger partial charge in [-0.1, -0.05) is 61.5 Å². The predicted octanol–water partition coefficient (Wildman–Crippen LogP) is 3.56. The van der Waals surface area contributed by atoms with E-state index in [-0.39, 0.29) is 11.7 Å². The van der Waals surface area contributed by atoms with Gasteiger partial charge >= 0.3 is 0 Å². The summed E-state index contributed by atoms with van der Waals surface area (Å²) >= 11 is 0. The number of rotatable bonds is 4. The lowest BCUT2D eigenvalue weighted by atomic mass is 9.96. The van der Waals surface area contributed by atoms with Crippen LogP contribution in [0.15, 0.2) is 54.6 Å². The van der Waals surface area contributed by atoms with Crippen molar-refractivity contribution in [3.8, 4) is 0 Å². The maximum absolute atomic E-state index is 12.4.